The maximum absolute atomic E-state index is 11.4. The molecule has 2 amide bonds. The Morgan fingerprint density at radius 1 is 1.55 bits per heavy atom. The number of primary amides is 1. The summed E-state index contributed by atoms with van der Waals surface area (Å²) >= 11 is 5.85. The van der Waals surface area contributed by atoms with Crippen LogP contribution in [0.5, 0.6) is 0 Å². The molecule has 2 heterocycles. The fourth-order valence-corrected chi connectivity index (χ4v) is 2.50. The number of nitrogens with one attached hydrogen (secondary N) is 1. The van der Waals surface area contributed by atoms with E-state index in [0.717, 1.165) is 19.4 Å². The van der Waals surface area contributed by atoms with Gasteiger partial charge in [-0.05, 0) is 18.9 Å². The molecule has 1 aromatic rings. The molecule has 7 heteroatoms. The molecule has 0 saturated carbocycles. The van der Waals surface area contributed by atoms with Crippen LogP contribution in [0.2, 0.25) is 5.15 Å². The van der Waals surface area contributed by atoms with Gasteiger partial charge in [-0.15, -0.1) is 0 Å². The molecule has 1 aliphatic heterocycles. The number of piperidine rings is 1. The Morgan fingerprint density at radius 2 is 2.30 bits per heavy atom. The van der Waals surface area contributed by atoms with Crippen LogP contribution in [0.4, 0.5) is 5.69 Å². The number of nitrogens with zero attached hydrogens (tertiary/aromatic N) is 2. The summed E-state index contributed by atoms with van der Waals surface area (Å²) in [6, 6.07) is 1.65. The average Bonchev–Trinajstić information content (AvgIpc) is 2.38. The molecule has 0 spiro atoms. The van der Waals surface area contributed by atoms with Crippen LogP contribution in [-0.2, 0) is 4.79 Å². The summed E-state index contributed by atoms with van der Waals surface area (Å²) in [4.78, 5) is 28.4. The lowest BCUT2D eigenvalue weighted by Gasteiger charge is -2.33. The Hall–Kier alpha value is -1.82. The van der Waals surface area contributed by atoms with Crippen LogP contribution < -0.4 is 11.1 Å². The number of anilines is 1. The molecule has 20 heavy (non-hydrogen) atoms. The van der Waals surface area contributed by atoms with Gasteiger partial charge in [-0.25, -0.2) is 4.98 Å². The predicted molar refractivity (Wildman–Crippen MR) is 76.7 cm³/mol. The summed E-state index contributed by atoms with van der Waals surface area (Å²) in [6.45, 7) is 2.93. The van der Waals surface area contributed by atoms with E-state index in [0.29, 0.717) is 17.8 Å². The highest BCUT2D eigenvalue weighted by Crippen LogP contribution is 2.22. The van der Waals surface area contributed by atoms with Gasteiger partial charge in [-0.1, -0.05) is 11.6 Å². The van der Waals surface area contributed by atoms with Crippen LogP contribution in [-0.4, -0.2) is 40.8 Å². The van der Waals surface area contributed by atoms with E-state index in [1.54, 1.807) is 17.9 Å². The molecular formula is C13H17ClN4O2. The molecule has 1 unspecified atom stereocenters. The van der Waals surface area contributed by atoms with E-state index in [9.17, 15) is 9.59 Å². The number of halogens is 1. The van der Waals surface area contributed by atoms with Gasteiger partial charge in [0.15, 0.2) is 0 Å². The molecule has 1 saturated heterocycles. The standard InChI is InChI=1S/C13H17ClN4O2/c1-8(19)18-4-2-3-9(7-18)17-11-5-12(14)16-6-10(11)13(15)20/h5-6,9H,2-4,7H2,1H3,(H2,15,20)(H,16,17). The van der Waals surface area contributed by atoms with Crippen molar-refractivity contribution in [2.45, 2.75) is 25.8 Å². The normalized spacial score (nSPS) is 18.7. The molecular weight excluding hydrogens is 280 g/mol. The van der Waals surface area contributed by atoms with Crippen LogP contribution in [0.25, 0.3) is 0 Å². The first-order chi connectivity index (χ1) is 9.47. The van der Waals surface area contributed by atoms with Gasteiger partial charge < -0.3 is 16.0 Å². The monoisotopic (exact) mass is 296 g/mol. The van der Waals surface area contributed by atoms with Crippen molar-refractivity contribution < 1.29 is 9.59 Å². The lowest BCUT2D eigenvalue weighted by Crippen LogP contribution is -2.44. The number of aromatic nitrogens is 1. The fraction of sp³-hybridized carbons (Fsp3) is 0.462. The van der Waals surface area contributed by atoms with Gasteiger partial charge in [0.1, 0.15) is 5.15 Å². The van der Waals surface area contributed by atoms with Gasteiger partial charge in [-0.2, -0.15) is 0 Å². The summed E-state index contributed by atoms with van der Waals surface area (Å²) in [5.74, 6) is -0.504. The van der Waals surface area contributed by atoms with Gasteiger partial charge in [0, 0.05) is 32.3 Å². The van der Waals surface area contributed by atoms with Crippen molar-refractivity contribution in [3.63, 3.8) is 0 Å². The minimum Gasteiger partial charge on any atom is -0.380 e. The summed E-state index contributed by atoms with van der Waals surface area (Å²) in [5.41, 5.74) is 6.18. The molecule has 6 nitrogen and oxygen atoms in total. The lowest BCUT2D eigenvalue weighted by molar-refractivity contribution is -0.129. The second kappa shape index (κ2) is 6.09. The Balaban J connectivity index is 2.15. The van der Waals surface area contributed by atoms with Crippen molar-refractivity contribution in [2.24, 2.45) is 5.73 Å². The third-order valence-electron chi connectivity index (χ3n) is 3.36. The molecule has 108 valence electrons. The largest absolute Gasteiger partial charge is 0.380 e. The Labute approximate surface area is 122 Å². The number of pyridine rings is 1. The van der Waals surface area contributed by atoms with Crippen LogP contribution in [0.1, 0.15) is 30.1 Å². The van der Waals surface area contributed by atoms with Gasteiger partial charge >= 0.3 is 0 Å². The summed E-state index contributed by atoms with van der Waals surface area (Å²) in [7, 11) is 0. The smallest absolute Gasteiger partial charge is 0.252 e. The van der Waals surface area contributed by atoms with Gasteiger partial charge in [-0.3, -0.25) is 9.59 Å². The highest BCUT2D eigenvalue weighted by Gasteiger charge is 2.22. The van der Waals surface area contributed by atoms with E-state index < -0.39 is 5.91 Å². The van der Waals surface area contributed by atoms with Gasteiger partial charge in [0.2, 0.25) is 5.91 Å². The zero-order valence-corrected chi connectivity index (χ0v) is 12.0. The molecule has 3 N–H and O–H groups in total. The first-order valence-electron chi connectivity index (χ1n) is 6.44. The van der Waals surface area contributed by atoms with E-state index in [4.69, 9.17) is 17.3 Å². The van der Waals surface area contributed by atoms with Crippen molar-refractivity contribution in [3.8, 4) is 0 Å². The Bertz CT molecular complexity index is 535. The molecule has 1 fully saturated rings. The summed E-state index contributed by atoms with van der Waals surface area (Å²) in [5, 5.41) is 3.53. The highest BCUT2D eigenvalue weighted by atomic mass is 35.5. The number of amides is 2. The van der Waals surface area contributed by atoms with E-state index in [-0.39, 0.29) is 17.1 Å². The predicted octanol–water partition coefficient (Wildman–Crippen LogP) is 1.26. The molecule has 0 aliphatic carbocycles. The Kier molecular flexibility index (Phi) is 4.44. The highest BCUT2D eigenvalue weighted by molar-refractivity contribution is 6.29. The van der Waals surface area contributed by atoms with E-state index in [1.165, 1.54) is 6.20 Å². The lowest BCUT2D eigenvalue weighted by atomic mass is 10.0. The SMILES string of the molecule is CC(=O)N1CCCC(Nc2cc(Cl)ncc2C(N)=O)C1. The fourth-order valence-electron chi connectivity index (χ4n) is 2.35. The molecule has 2 rings (SSSR count). The second-order valence-corrected chi connectivity index (χ2v) is 5.25. The van der Waals surface area contributed by atoms with E-state index in [1.807, 2.05) is 0 Å². The number of hydrogen-bond donors (Lipinski definition) is 2. The number of likely N-dealkylation sites (tertiary alicyclic amines) is 1. The van der Waals surface area contributed by atoms with Crippen LogP contribution in [0.15, 0.2) is 12.3 Å². The molecule has 1 atom stereocenters. The van der Waals surface area contributed by atoms with Crippen LogP contribution >= 0.6 is 11.6 Å². The third-order valence-corrected chi connectivity index (χ3v) is 3.57. The summed E-state index contributed by atoms with van der Waals surface area (Å²) < 4.78 is 0. The number of nitrogens with two attached hydrogens (primary N) is 1. The zero-order chi connectivity index (χ0) is 14.7. The van der Waals surface area contributed by atoms with E-state index in [2.05, 4.69) is 10.3 Å². The van der Waals surface area contributed by atoms with Crippen molar-refractivity contribution in [1.29, 1.82) is 0 Å². The van der Waals surface area contributed by atoms with Crippen molar-refractivity contribution in [3.05, 3.63) is 23.0 Å². The van der Waals surface area contributed by atoms with Crippen molar-refractivity contribution in [1.82, 2.24) is 9.88 Å². The molecule has 0 aromatic carbocycles. The van der Waals surface area contributed by atoms with Gasteiger partial charge in [0.05, 0.1) is 11.3 Å². The minimum atomic E-state index is -0.559. The maximum atomic E-state index is 11.4. The average molecular weight is 297 g/mol. The van der Waals surface area contributed by atoms with Crippen LogP contribution in [0.3, 0.4) is 0 Å². The third kappa shape index (κ3) is 3.39. The number of carbonyl (C=O) groups excluding carboxylic acids is 2. The Morgan fingerprint density at radius 3 is 2.95 bits per heavy atom. The topological polar surface area (TPSA) is 88.3 Å². The quantitative estimate of drug-likeness (QED) is 0.822. The molecule has 1 aliphatic rings. The minimum absolute atomic E-state index is 0.0550. The van der Waals surface area contributed by atoms with Gasteiger partial charge in [0.25, 0.3) is 5.91 Å². The van der Waals surface area contributed by atoms with Crippen LogP contribution in [0, 0.1) is 0 Å². The van der Waals surface area contributed by atoms with Crippen molar-refractivity contribution in [2.75, 3.05) is 18.4 Å². The molecule has 0 bridgehead atoms. The molecule has 1 aromatic heterocycles. The first kappa shape index (κ1) is 14.6. The van der Waals surface area contributed by atoms with Crippen molar-refractivity contribution >= 4 is 29.1 Å². The zero-order valence-electron chi connectivity index (χ0n) is 11.2. The molecule has 0 radical (unpaired) electrons. The number of hydrogen-bond acceptors (Lipinski definition) is 4. The number of rotatable bonds is 3. The summed E-state index contributed by atoms with van der Waals surface area (Å²) in [6.07, 6.45) is 3.20. The first-order valence-corrected chi connectivity index (χ1v) is 6.82. The maximum Gasteiger partial charge on any atom is 0.252 e. The van der Waals surface area contributed by atoms with E-state index >= 15 is 0 Å². The second-order valence-electron chi connectivity index (χ2n) is 4.87. The number of carbonyl (C=O) groups is 2.